The van der Waals surface area contributed by atoms with Gasteiger partial charge in [-0.2, -0.15) is 0 Å². The monoisotopic (exact) mass is 316 g/mol. The Kier molecular flexibility index (Phi) is 5.16. The van der Waals surface area contributed by atoms with Gasteiger partial charge in [0.1, 0.15) is 0 Å². The van der Waals surface area contributed by atoms with E-state index in [9.17, 15) is 5.11 Å². The highest BCUT2D eigenvalue weighted by Crippen LogP contribution is 2.31. The zero-order valence-electron chi connectivity index (χ0n) is 10.4. The Morgan fingerprint density at radius 2 is 2.00 bits per heavy atom. The maximum absolute atomic E-state index is 10.3. The van der Waals surface area contributed by atoms with Gasteiger partial charge >= 0.3 is 0 Å². The van der Waals surface area contributed by atoms with Crippen LogP contribution in [0.2, 0.25) is 10.0 Å². The fourth-order valence-electron chi connectivity index (χ4n) is 1.89. The van der Waals surface area contributed by atoms with Crippen LogP contribution in [0, 0.1) is 0 Å². The number of aryl methyl sites for hydroxylation is 1. The van der Waals surface area contributed by atoms with Crippen LogP contribution in [0.25, 0.3) is 0 Å². The minimum atomic E-state index is -0.668. The van der Waals surface area contributed by atoms with Crippen molar-refractivity contribution in [3.05, 3.63) is 44.4 Å². The summed E-state index contributed by atoms with van der Waals surface area (Å²) in [7, 11) is 0. The second kappa shape index (κ2) is 6.66. The van der Waals surface area contributed by atoms with Crippen molar-refractivity contribution in [1.29, 1.82) is 0 Å². The number of rotatable bonds is 5. The molecule has 0 saturated carbocycles. The molecule has 0 aliphatic carbocycles. The van der Waals surface area contributed by atoms with Gasteiger partial charge in [0.2, 0.25) is 0 Å². The van der Waals surface area contributed by atoms with Gasteiger partial charge in [-0.1, -0.05) is 47.1 Å². The molecule has 3 nitrogen and oxygen atoms in total. The third kappa shape index (κ3) is 3.45. The number of aliphatic hydroxyl groups is 1. The number of aromatic nitrogens is 2. The number of halogens is 2. The predicted octanol–water partition coefficient (Wildman–Crippen LogP) is 4.07. The summed E-state index contributed by atoms with van der Waals surface area (Å²) in [4.78, 5) is 0.804. The lowest BCUT2D eigenvalue weighted by Crippen LogP contribution is -2.04. The molecule has 2 aromatic rings. The Labute approximate surface area is 126 Å². The Balaban J connectivity index is 2.21. The molecule has 0 bridgehead atoms. The SMILES string of the molecule is CCCc1nnsc1C(O)Cc1c(Cl)cccc1Cl. The maximum Gasteiger partial charge on any atom is 0.0958 e. The molecule has 0 aliphatic rings. The van der Waals surface area contributed by atoms with Crippen molar-refractivity contribution in [2.45, 2.75) is 32.3 Å². The van der Waals surface area contributed by atoms with Crippen molar-refractivity contribution in [2.75, 3.05) is 0 Å². The minimum absolute atomic E-state index is 0.374. The molecule has 6 heteroatoms. The quantitative estimate of drug-likeness (QED) is 0.904. The van der Waals surface area contributed by atoms with E-state index in [0.29, 0.717) is 16.5 Å². The van der Waals surface area contributed by atoms with E-state index < -0.39 is 6.10 Å². The lowest BCUT2D eigenvalue weighted by atomic mass is 10.0. The van der Waals surface area contributed by atoms with E-state index >= 15 is 0 Å². The molecule has 0 amide bonds. The molecule has 0 aliphatic heterocycles. The molecule has 0 radical (unpaired) electrons. The third-order valence-electron chi connectivity index (χ3n) is 2.83. The number of benzene rings is 1. The van der Waals surface area contributed by atoms with Crippen LogP contribution >= 0.6 is 34.7 Å². The molecular weight excluding hydrogens is 303 g/mol. The topological polar surface area (TPSA) is 46.0 Å². The molecule has 1 heterocycles. The highest BCUT2D eigenvalue weighted by Gasteiger charge is 2.19. The first-order valence-electron chi connectivity index (χ1n) is 6.05. The fourth-order valence-corrected chi connectivity index (χ4v) is 3.12. The molecule has 1 atom stereocenters. The first kappa shape index (κ1) is 14.7. The van der Waals surface area contributed by atoms with Crippen LogP contribution in [0.15, 0.2) is 18.2 Å². The second-order valence-electron chi connectivity index (χ2n) is 4.25. The summed E-state index contributed by atoms with van der Waals surface area (Å²) >= 11 is 13.5. The van der Waals surface area contributed by atoms with Crippen molar-refractivity contribution >= 4 is 34.7 Å². The molecular formula is C13H14Cl2N2OS. The van der Waals surface area contributed by atoms with Gasteiger partial charge in [0.05, 0.1) is 16.7 Å². The third-order valence-corrected chi connectivity index (χ3v) is 4.41. The fraction of sp³-hybridized carbons (Fsp3) is 0.385. The molecule has 2 rings (SSSR count). The zero-order valence-corrected chi connectivity index (χ0v) is 12.8. The normalized spacial score (nSPS) is 12.6. The number of nitrogens with zero attached hydrogens (tertiary/aromatic N) is 2. The van der Waals surface area contributed by atoms with E-state index in [1.165, 1.54) is 11.5 Å². The molecule has 1 aromatic carbocycles. The Morgan fingerprint density at radius 3 is 2.63 bits per heavy atom. The van der Waals surface area contributed by atoms with E-state index in [1.807, 2.05) is 0 Å². The summed E-state index contributed by atoms with van der Waals surface area (Å²) in [5, 5.41) is 15.5. The summed E-state index contributed by atoms with van der Waals surface area (Å²) in [5.41, 5.74) is 1.62. The predicted molar refractivity (Wildman–Crippen MR) is 79.0 cm³/mol. The molecule has 19 heavy (non-hydrogen) atoms. The summed E-state index contributed by atoms with van der Waals surface area (Å²) < 4.78 is 3.91. The summed E-state index contributed by atoms with van der Waals surface area (Å²) in [6.07, 6.45) is 1.50. The standard InChI is InChI=1S/C13H14Cl2N2OS/c1-2-4-11-13(19-17-16-11)12(18)7-8-9(14)5-3-6-10(8)15/h3,5-6,12,18H,2,4,7H2,1H3. The number of hydrogen-bond acceptors (Lipinski definition) is 4. The minimum Gasteiger partial charge on any atom is -0.387 e. The van der Waals surface area contributed by atoms with Gasteiger partial charge in [0.25, 0.3) is 0 Å². The lowest BCUT2D eigenvalue weighted by molar-refractivity contribution is 0.181. The molecule has 1 aromatic heterocycles. The van der Waals surface area contributed by atoms with Gasteiger partial charge in [-0.3, -0.25) is 0 Å². The Hall–Kier alpha value is -0.680. The summed E-state index contributed by atoms with van der Waals surface area (Å²) in [6, 6.07) is 5.33. The van der Waals surface area contributed by atoms with Crippen molar-refractivity contribution < 1.29 is 5.11 Å². The van der Waals surface area contributed by atoms with Crippen molar-refractivity contribution in [1.82, 2.24) is 9.59 Å². The number of hydrogen-bond donors (Lipinski definition) is 1. The molecule has 0 spiro atoms. The summed E-state index contributed by atoms with van der Waals surface area (Å²) in [6.45, 7) is 2.07. The van der Waals surface area contributed by atoms with E-state index in [2.05, 4.69) is 16.5 Å². The van der Waals surface area contributed by atoms with Gasteiger partial charge in [-0.25, -0.2) is 0 Å². The lowest BCUT2D eigenvalue weighted by Gasteiger charge is -2.12. The number of aliphatic hydroxyl groups excluding tert-OH is 1. The van der Waals surface area contributed by atoms with Crippen LogP contribution in [-0.4, -0.2) is 14.7 Å². The Morgan fingerprint density at radius 1 is 1.32 bits per heavy atom. The van der Waals surface area contributed by atoms with Gasteiger partial charge in [-0.05, 0) is 35.6 Å². The van der Waals surface area contributed by atoms with E-state index in [4.69, 9.17) is 23.2 Å². The average Bonchev–Trinajstić information content (AvgIpc) is 2.83. The van der Waals surface area contributed by atoms with Crippen LogP contribution in [0.5, 0.6) is 0 Å². The largest absolute Gasteiger partial charge is 0.387 e. The second-order valence-corrected chi connectivity index (χ2v) is 5.85. The first-order valence-corrected chi connectivity index (χ1v) is 7.58. The molecule has 0 fully saturated rings. The first-order chi connectivity index (χ1) is 9.13. The maximum atomic E-state index is 10.3. The molecule has 102 valence electrons. The van der Waals surface area contributed by atoms with Crippen molar-refractivity contribution in [3.8, 4) is 0 Å². The Bertz CT molecular complexity index is 539. The van der Waals surface area contributed by atoms with Gasteiger partial charge in [0, 0.05) is 16.5 Å². The van der Waals surface area contributed by atoms with Crippen molar-refractivity contribution in [3.63, 3.8) is 0 Å². The van der Waals surface area contributed by atoms with Crippen molar-refractivity contribution in [2.24, 2.45) is 0 Å². The molecule has 1 unspecified atom stereocenters. The van der Waals surface area contributed by atoms with E-state index in [1.54, 1.807) is 18.2 Å². The summed E-state index contributed by atoms with van der Waals surface area (Å²) in [5.74, 6) is 0. The van der Waals surface area contributed by atoms with Gasteiger partial charge < -0.3 is 5.11 Å². The van der Waals surface area contributed by atoms with E-state index in [-0.39, 0.29) is 0 Å². The average molecular weight is 317 g/mol. The highest BCUT2D eigenvalue weighted by molar-refractivity contribution is 7.05. The van der Waals surface area contributed by atoms with Gasteiger partial charge in [-0.15, -0.1) is 5.10 Å². The van der Waals surface area contributed by atoms with Crippen LogP contribution in [0.1, 0.15) is 35.6 Å². The van der Waals surface area contributed by atoms with Crippen LogP contribution in [0.4, 0.5) is 0 Å². The smallest absolute Gasteiger partial charge is 0.0958 e. The zero-order chi connectivity index (χ0) is 13.8. The molecule has 0 saturated heterocycles. The van der Waals surface area contributed by atoms with Crippen LogP contribution in [0.3, 0.4) is 0 Å². The van der Waals surface area contributed by atoms with E-state index in [0.717, 1.165) is 29.0 Å². The van der Waals surface area contributed by atoms with Gasteiger partial charge in [0.15, 0.2) is 0 Å². The highest BCUT2D eigenvalue weighted by atomic mass is 35.5. The molecule has 1 N–H and O–H groups in total. The van der Waals surface area contributed by atoms with Crippen LogP contribution < -0.4 is 0 Å². The van der Waals surface area contributed by atoms with Crippen LogP contribution in [-0.2, 0) is 12.8 Å².